The number of nitrogens with zero attached hydrogens (tertiary/aromatic N) is 3. The molecule has 0 aliphatic heterocycles. The summed E-state index contributed by atoms with van der Waals surface area (Å²) in [7, 11) is 1.65. The van der Waals surface area contributed by atoms with Gasteiger partial charge >= 0.3 is 5.69 Å². The quantitative estimate of drug-likeness (QED) is 0.497. The van der Waals surface area contributed by atoms with E-state index in [9.17, 15) is 10.1 Å². The van der Waals surface area contributed by atoms with Gasteiger partial charge in [0, 0.05) is 17.6 Å². The molecule has 7 nitrogen and oxygen atoms in total. The van der Waals surface area contributed by atoms with Crippen LogP contribution in [0.1, 0.15) is 0 Å². The highest BCUT2D eigenvalue weighted by Crippen LogP contribution is 2.26. The number of aromatic nitrogens is 2. The molecular formula is C12H13N5O2S. The maximum Gasteiger partial charge on any atom is 0.329 e. The van der Waals surface area contributed by atoms with E-state index in [0.717, 1.165) is 10.6 Å². The molecule has 2 N–H and O–H groups in total. The number of hydrogen-bond acceptors (Lipinski definition) is 7. The van der Waals surface area contributed by atoms with Crippen molar-refractivity contribution in [3.63, 3.8) is 0 Å². The monoisotopic (exact) mass is 291 g/mol. The van der Waals surface area contributed by atoms with E-state index in [1.54, 1.807) is 18.8 Å². The van der Waals surface area contributed by atoms with Gasteiger partial charge in [-0.3, -0.25) is 10.1 Å². The molecule has 0 aliphatic carbocycles. The van der Waals surface area contributed by atoms with Crippen molar-refractivity contribution in [3.05, 3.63) is 40.6 Å². The number of thioether (sulfide) groups is 1. The molecule has 0 unspecified atom stereocenters. The molecule has 0 aliphatic rings. The van der Waals surface area contributed by atoms with Gasteiger partial charge in [0.05, 0.1) is 4.92 Å². The second-order valence-corrected chi connectivity index (χ2v) is 4.67. The number of benzene rings is 1. The largest absolute Gasteiger partial charge is 0.357 e. The van der Waals surface area contributed by atoms with Gasteiger partial charge < -0.3 is 10.6 Å². The number of rotatable bonds is 5. The van der Waals surface area contributed by atoms with Crippen molar-refractivity contribution >= 4 is 34.9 Å². The molecule has 1 heterocycles. The summed E-state index contributed by atoms with van der Waals surface area (Å²) in [6.07, 6.45) is 3.16. The van der Waals surface area contributed by atoms with Crippen molar-refractivity contribution in [1.29, 1.82) is 0 Å². The Morgan fingerprint density at radius 3 is 2.55 bits per heavy atom. The van der Waals surface area contributed by atoms with Crippen molar-refractivity contribution in [3.8, 4) is 0 Å². The zero-order chi connectivity index (χ0) is 14.5. The fourth-order valence-corrected chi connectivity index (χ4v) is 1.94. The number of nitro groups is 1. The van der Waals surface area contributed by atoms with Crippen LogP contribution in [-0.2, 0) is 0 Å². The molecule has 1 aromatic heterocycles. The minimum atomic E-state index is -0.516. The van der Waals surface area contributed by atoms with Gasteiger partial charge in [-0.25, -0.2) is 4.98 Å². The summed E-state index contributed by atoms with van der Waals surface area (Å²) in [5.41, 5.74) is 0.560. The third-order valence-electron chi connectivity index (χ3n) is 2.54. The Bertz CT molecular complexity index is 618. The Kier molecular flexibility index (Phi) is 4.36. The van der Waals surface area contributed by atoms with Crippen LogP contribution in [0, 0.1) is 10.1 Å². The Hall–Kier alpha value is -2.35. The molecular weight excluding hydrogens is 278 g/mol. The maximum absolute atomic E-state index is 11.0. The van der Waals surface area contributed by atoms with Crippen LogP contribution in [0.4, 0.5) is 23.1 Å². The molecule has 0 fully saturated rings. The highest BCUT2D eigenvalue weighted by Gasteiger charge is 2.17. The van der Waals surface area contributed by atoms with Crippen LogP contribution in [0.15, 0.2) is 35.4 Å². The van der Waals surface area contributed by atoms with Crippen molar-refractivity contribution in [2.24, 2.45) is 0 Å². The first kappa shape index (κ1) is 14.1. The summed E-state index contributed by atoms with van der Waals surface area (Å²) in [5, 5.41) is 16.7. The van der Waals surface area contributed by atoms with Gasteiger partial charge in [0.25, 0.3) is 0 Å². The summed E-state index contributed by atoms with van der Waals surface area (Å²) in [4.78, 5) is 19.5. The second kappa shape index (κ2) is 6.20. The van der Waals surface area contributed by atoms with E-state index in [1.807, 2.05) is 30.5 Å². The maximum atomic E-state index is 11.0. The van der Waals surface area contributed by atoms with Gasteiger partial charge in [-0.15, -0.1) is 11.8 Å². The van der Waals surface area contributed by atoms with E-state index in [-0.39, 0.29) is 11.5 Å². The second-order valence-electron chi connectivity index (χ2n) is 3.79. The van der Waals surface area contributed by atoms with E-state index in [2.05, 4.69) is 20.6 Å². The van der Waals surface area contributed by atoms with Crippen LogP contribution >= 0.6 is 11.8 Å². The lowest BCUT2D eigenvalue weighted by molar-refractivity contribution is -0.384. The molecule has 0 spiro atoms. The predicted molar refractivity (Wildman–Crippen MR) is 79.7 cm³/mol. The lowest BCUT2D eigenvalue weighted by Crippen LogP contribution is -2.04. The van der Waals surface area contributed by atoms with Gasteiger partial charge in [0.15, 0.2) is 0 Å². The van der Waals surface area contributed by atoms with Crippen molar-refractivity contribution in [1.82, 2.24) is 9.97 Å². The van der Waals surface area contributed by atoms with Crippen LogP contribution < -0.4 is 10.6 Å². The Balaban J connectivity index is 2.32. The number of anilines is 3. The molecule has 0 saturated heterocycles. The summed E-state index contributed by atoms with van der Waals surface area (Å²) >= 11 is 1.63. The van der Waals surface area contributed by atoms with Crippen molar-refractivity contribution in [2.45, 2.75) is 4.90 Å². The summed E-state index contributed by atoms with van der Waals surface area (Å²) < 4.78 is 0. The van der Waals surface area contributed by atoms with E-state index in [1.165, 1.54) is 6.20 Å². The van der Waals surface area contributed by atoms with Gasteiger partial charge in [0.1, 0.15) is 6.20 Å². The molecule has 0 radical (unpaired) electrons. The van der Waals surface area contributed by atoms with Gasteiger partial charge in [0.2, 0.25) is 11.8 Å². The molecule has 8 heteroatoms. The normalized spacial score (nSPS) is 10.1. The van der Waals surface area contributed by atoms with E-state index < -0.39 is 4.92 Å². The minimum absolute atomic E-state index is 0.159. The van der Waals surface area contributed by atoms with E-state index >= 15 is 0 Å². The van der Waals surface area contributed by atoms with Gasteiger partial charge in [-0.1, -0.05) is 0 Å². The average molecular weight is 291 g/mol. The van der Waals surface area contributed by atoms with Crippen LogP contribution in [0.2, 0.25) is 0 Å². The first-order valence-electron chi connectivity index (χ1n) is 5.74. The third-order valence-corrected chi connectivity index (χ3v) is 3.29. The molecule has 104 valence electrons. The molecule has 1 aromatic carbocycles. The van der Waals surface area contributed by atoms with Crippen LogP contribution in [0.5, 0.6) is 0 Å². The highest BCUT2D eigenvalue weighted by atomic mass is 32.2. The summed E-state index contributed by atoms with van der Waals surface area (Å²) in [6, 6.07) is 7.55. The van der Waals surface area contributed by atoms with Crippen LogP contribution in [0.3, 0.4) is 0 Å². The number of hydrogen-bond donors (Lipinski definition) is 2. The lowest BCUT2D eigenvalue weighted by atomic mass is 10.3. The van der Waals surface area contributed by atoms with E-state index in [4.69, 9.17) is 0 Å². The Labute approximate surface area is 120 Å². The average Bonchev–Trinajstić information content (AvgIpc) is 2.47. The Morgan fingerprint density at radius 2 is 2.00 bits per heavy atom. The first-order chi connectivity index (χ1) is 9.63. The molecule has 0 bridgehead atoms. The SMILES string of the molecule is CNc1ncc([N+](=O)[O-])c(Nc2ccc(SC)cc2)n1. The lowest BCUT2D eigenvalue weighted by Gasteiger charge is -2.08. The van der Waals surface area contributed by atoms with Gasteiger partial charge in [-0.05, 0) is 30.5 Å². The third kappa shape index (κ3) is 3.15. The van der Waals surface area contributed by atoms with Crippen molar-refractivity contribution < 1.29 is 4.92 Å². The Morgan fingerprint density at radius 1 is 1.30 bits per heavy atom. The van der Waals surface area contributed by atoms with E-state index in [0.29, 0.717) is 5.95 Å². The summed E-state index contributed by atoms with van der Waals surface area (Å²) in [5.74, 6) is 0.477. The zero-order valence-electron chi connectivity index (χ0n) is 11.0. The van der Waals surface area contributed by atoms with Crippen LogP contribution in [-0.4, -0.2) is 28.2 Å². The topological polar surface area (TPSA) is 93.0 Å². The smallest absolute Gasteiger partial charge is 0.329 e. The molecule has 0 amide bonds. The first-order valence-corrected chi connectivity index (χ1v) is 6.96. The standard InChI is InChI=1S/C12H13N5O2S/c1-13-12-14-7-10(17(18)19)11(16-12)15-8-3-5-9(20-2)6-4-8/h3-7H,1-2H3,(H2,13,14,15,16). The molecule has 2 rings (SSSR count). The zero-order valence-corrected chi connectivity index (χ0v) is 11.8. The molecule has 0 saturated carbocycles. The molecule has 2 aromatic rings. The molecule has 20 heavy (non-hydrogen) atoms. The summed E-state index contributed by atoms with van der Waals surface area (Å²) in [6.45, 7) is 0. The van der Waals surface area contributed by atoms with Crippen molar-refractivity contribution in [2.75, 3.05) is 23.9 Å². The minimum Gasteiger partial charge on any atom is -0.357 e. The number of nitrogens with one attached hydrogen (secondary N) is 2. The fraction of sp³-hybridized carbons (Fsp3) is 0.167. The fourth-order valence-electron chi connectivity index (χ4n) is 1.53. The molecule has 0 atom stereocenters. The van der Waals surface area contributed by atoms with Crippen LogP contribution in [0.25, 0.3) is 0 Å². The highest BCUT2D eigenvalue weighted by molar-refractivity contribution is 7.98. The predicted octanol–water partition coefficient (Wildman–Crippen LogP) is 2.89. The van der Waals surface area contributed by atoms with Gasteiger partial charge in [-0.2, -0.15) is 4.98 Å².